The second kappa shape index (κ2) is 5.82. The predicted molar refractivity (Wildman–Crippen MR) is 79.5 cm³/mol. The first-order chi connectivity index (χ1) is 9.78. The molecule has 1 aliphatic heterocycles. The Labute approximate surface area is 123 Å². The summed E-state index contributed by atoms with van der Waals surface area (Å²) < 4.78 is 2.16. The molecule has 2 heterocycles. The molecule has 0 N–H and O–H groups in total. The molecule has 0 bridgehead atoms. The van der Waals surface area contributed by atoms with Crippen LogP contribution in [0.4, 0.5) is 0 Å². The van der Waals surface area contributed by atoms with E-state index in [0.29, 0.717) is 18.0 Å². The lowest BCUT2D eigenvalue weighted by Crippen LogP contribution is -2.21. The number of rotatable bonds is 4. The summed E-state index contributed by atoms with van der Waals surface area (Å²) in [5.74, 6) is 1.04. The van der Waals surface area contributed by atoms with Crippen molar-refractivity contribution in [2.24, 2.45) is 0 Å². The van der Waals surface area contributed by atoms with Crippen LogP contribution in [0.1, 0.15) is 25.1 Å². The van der Waals surface area contributed by atoms with Crippen LogP contribution in [0.5, 0.6) is 0 Å². The highest BCUT2D eigenvalue weighted by Crippen LogP contribution is 2.22. The Morgan fingerprint density at radius 3 is 2.85 bits per heavy atom. The van der Waals surface area contributed by atoms with Gasteiger partial charge in [-0.25, -0.2) is 4.98 Å². The van der Waals surface area contributed by atoms with Gasteiger partial charge in [-0.05, 0) is 44.1 Å². The van der Waals surface area contributed by atoms with Crippen LogP contribution >= 0.6 is 11.6 Å². The van der Waals surface area contributed by atoms with Gasteiger partial charge >= 0.3 is 0 Å². The lowest BCUT2D eigenvalue weighted by Gasteiger charge is -2.15. The highest BCUT2D eigenvalue weighted by atomic mass is 35.5. The summed E-state index contributed by atoms with van der Waals surface area (Å²) in [6.45, 7) is 3.83. The number of hydrogen-bond acceptors (Lipinski definition) is 3. The molecule has 0 amide bonds. The Morgan fingerprint density at radius 1 is 1.30 bits per heavy atom. The summed E-state index contributed by atoms with van der Waals surface area (Å²) in [5.41, 5.74) is 1.99. The van der Waals surface area contributed by atoms with Crippen molar-refractivity contribution >= 4 is 22.6 Å². The van der Waals surface area contributed by atoms with Crippen LogP contribution in [-0.2, 0) is 13.1 Å². The molecule has 1 saturated heterocycles. The predicted octanol–water partition coefficient (Wildman–Crippen LogP) is 3.20. The standard InChI is InChI=1S/C15H17ClN4/c16-12-4-5-14-13(10-12)18-15(20(14)9-3-6-17)11-19-7-1-2-8-19/h4-5,10H,1-3,7-9,11H2. The van der Waals surface area contributed by atoms with Crippen molar-refractivity contribution < 1.29 is 0 Å². The molecule has 0 spiro atoms. The zero-order chi connectivity index (χ0) is 13.9. The third-order valence-corrected chi connectivity index (χ3v) is 4.04. The maximum absolute atomic E-state index is 8.84. The topological polar surface area (TPSA) is 44.9 Å². The number of likely N-dealkylation sites (tertiary alicyclic amines) is 1. The SMILES string of the molecule is N#CCCn1c(CN2CCCC2)nc2cc(Cl)ccc21. The van der Waals surface area contributed by atoms with Crippen LogP contribution in [0, 0.1) is 11.3 Å². The first-order valence-electron chi connectivity index (χ1n) is 7.02. The van der Waals surface area contributed by atoms with Gasteiger partial charge in [0, 0.05) is 11.6 Å². The van der Waals surface area contributed by atoms with E-state index in [-0.39, 0.29) is 0 Å². The van der Waals surface area contributed by atoms with Crippen molar-refractivity contribution in [3.8, 4) is 6.07 Å². The number of nitrogens with zero attached hydrogens (tertiary/aromatic N) is 4. The minimum Gasteiger partial charge on any atom is -0.326 e. The monoisotopic (exact) mass is 288 g/mol. The Hall–Kier alpha value is -1.57. The molecular weight excluding hydrogens is 272 g/mol. The molecule has 0 aliphatic carbocycles. The van der Waals surface area contributed by atoms with E-state index in [1.807, 2.05) is 18.2 Å². The van der Waals surface area contributed by atoms with Gasteiger partial charge in [0.25, 0.3) is 0 Å². The quantitative estimate of drug-likeness (QED) is 0.868. The maximum Gasteiger partial charge on any atom is 0.124 e. The molecule has 1 aromatic carbocycles. The average molecular weight is 289 g/mol. The Bertz CT molecular complexity index is 650. The minimum absolute atomic E-state index is 0.501. The van der Waals surface area contributed by atoms with Crippen molar-refractivity contribution in [1.29, 1.82) is 5.26 Å². The second-order valence-corrected chi connectivity index (χ2v) is 5.64. The van der Waals surface area contributed by atoms with Crippen molar-refractivity contribution in [2.45, 2.75) is 32.4 Å². The molecule has 1 aliphatic rings. The number of imidazole rings is 1. The van der Waals surface area contributed by atoms with Gasteiger partial charge in [0.1, 0.15) is 5.82 Å². The average Bonchev–Trinajstić information content (AvgIpc) is 3.04. The maximum atomic E-state index is 8.84. The summed E-state index contributed by atoms with van der Waals surface area (Å²) in [6.07, 6.45) is 3.04. The molecule has 104 valence electrons. The van der Waals surface area contributed by atoms with E-state index in [4.69, 9.17) is 21.8 Å². The molecular formula is C15H17ClN4. The number of fused-ring (bicyclic) bond motifs is 1. The fourth-order valence-electron chi connectivity index (χ4n) is 2.83. The molecule has 2 aromatic rings. The normalized spacial score (nSPS) is 15.8. The van der Waals surface area contributed by atoms with Crippen molar-refractivity contribution in [3.63, 3.8) is 0 Å². The number of benzene rings is 1. The number of hydrogen-bond donors (Lipinski definition) is 0. The smallest absolute Gasteiger partial charge is 0.124 e. The third kappa shape index (κ3) is 2.65. The van der Waals surface area contributed by atoms with Gasteiger partial charge in [0.15, 0.2) is 0 Å². The van der Waals surface area contributed by atoms with Crippen LogP contribution in [0.15, 0.2) is 18.2 Å². The summed E-state index contributed by atoms with van der Waals surface area (Å²) in [6, 6.07) is 7.99. The number of nitriles is 1. The van der Waals surface area contributed by atoms with E-state index in [1.54, 1.807) is 0 Å². The fraction of sp³-hybridized carbons (Fsp3) is 0.467. The second-order valence-electron chi connectivity index (χ2n) is 5.20. The van der Waals surface area contributed by atoms with E-state index in [0.717, 1.165) is 36.5 Å². The van der Waals surface area contributed by atoms with Gasteiger partial charge < -0.3 is 4.57 Å². The molecule has 1 fully saturated rings. The molecule has 0 unspecified atom stereocenters. The largest absolute Gasteiger partial charge is 0.326 e. The number of halogens is 1. The van der Waals surface area contributed by atoms with Gasteiger partial charge in [-0.1, -0.05) is 11.6 Å². The number of aromatic nitrogens is 2. The lowest BCUT2D eigenvalue weighted by molar-refractivity contribution is 0.317. The van der Waals surface area contributed by atoms with Gasteiger partial charge in [0.05, 0.1) is 30.1 Å². The summed E-state index contributed by atoms with van der Waals surface area (Å²) >= 11 is 6.04. The van der Waals surface area contributed by atoms with Crippen molar-refractivity contribution in [1.82, 2.24) is 14.5 Å². The Kier molecular flexibility index (Phi) is 3.90. The molecule has 0 radical (unpaired) electrons. The Morgan fingerprint density at radius 2 is 2.10 bits per heavy atom. The minimum atomic E-state index is 0.501. The zero-order valence-electron chi connectivity index (χ0n) is 11.3. The third-order valence-electron chi connectivity index (χ3n) is 3.80. The number of aryl methyl sites for hydroxylation is 1. The molecule has 4 nitrogen and oxygen atoms in total. The van der Waals surface area contributed by atoms with Gasteiger partial charge in [-0.2, -0.15) is 5.26 Å². The molecule has 20 heavy (non-hydrogen) atoms. The van der Waals surface area contributed by atoms with Crippen LogP contribution < -0.4 is 0 Å². The van der Waals surface area contributed by atoms with E-state index in [2.05, 4.69) is 15.5 Å². The molecule has 5 heteroatoms. The summed E-state index contributed by atoms with van der Waals surface area (Å²) in [5, 5.41) is 9.54. The molecule has 3 rings (SSSR count). The van der Waals surface area contributed by atoms with E-state index < -0.39 is 0 Å². The highest BCUT2D eigenvalue weighted by molar-refractivity contribution is 6.31. The lowest BCUT2D eigenvalue weighted by atomic mass is 10.3. The summed E-state index contributed by atoms with van der Waals surface area (Å²) in [7, 11) is 0. The summed E-state index contributed by atoms with van der Waals surface area (Å²) in [4.78, 5) is 7.14. The van der Waals surface area contributed by atoms with Crippen LogP contribution in [0.25, 0.3) is 11.0 Å². The fourth-order valence-corrected chi connectivity index (χ4v) is 2.99. The van der Waals surface area contributed by atoms with Gasteiger partial charge in [0.2, 0.25) is 0 Å². The van der Waals surface area contributed by atoms with Crippen molar-refractivity contribution in [3.05, 3.63) is 29.0 Å². The van der Waals surface area contributed by atoms with E-state index >= 15 is 0 Å². The van der Waals surface area contributed by atoms with E-state index in [9.17, 15) is 0 Å². The van der Waals surface area contributed by atoms with E-state index in [1.165, 1.54) is 12.8 Å². The first-order valence-corrected chi connectivity index (χ1v) is 7.40. The van der Waals surface area contributed by atoms with Crippen LogP contribution in [-0.4, -0.2) is 27.5 Å². The highest BCUT2D eigenvalue weighted by Gasteiger charge is 2.17. The first kappa shape index (κ1) is 13.4. The Balaban J connectivity index is 1.97. The van der Waals surface area contributed by atoms with Crippen LogP contribution in [0.2, 0.25) is 5.02 Å². The van der Waals surface area contributed by atoms with Crippen LogP contribution in [0.3, 0.4) is 0 Å². The zero-order valence-corrected chi connectivity index (χ0v) is 12.1. The molecule has 1 aromatic heterocycles. The van der Waals surface area contributed by atoms with Gasteiger partial charge in [-0.3, -0.25) is 4.90 Å². The molecule has 0 atom stereocenters. The van der Waals surface area contributed by atoms with Crippen molar-refractivity contribution in [2.75, 3.05) is 13.1 Å². The van der Waals surface area contributed by atoms with Gasteiger partial charge in [-0.15, -0.1) is 0 Å². The molecule has 0 saturated carbocycles.